The molecular formula is C27H20F3N3O6S. The molecule has 0 saturated carbocycles. The van der Waals surface area contributed by atoms with E-state index in [1.165, 1.54) is 24.3 Å². The van der Waals surface area contributed by atoms with Gasteiger partial charge >= 0.3 is 11.9 Å². The van der Waals surface area contributed by atoms with Crippen LogP contribution in [0.2, 0.25) is 0 Å². The number of nitrogens with one attached hydrogen (secondary N) is 1. The van der Waals surface area contributed by atoms with Crippen LogP contribution in [0, 0.1) is 24.0 Å². The fourth-order valence-electron chi connectivity index (χ4n) is 3.85. The minimum atomic E-state index is -4.79. The van der Waals surface area contributed by atoms with Gasteiger partial charge in [-0.25, -0.2) is 0 Å². The molecule has 13 heteroatoms. The zero-order valence-electron chi connectivity index (χ0n) is 20.9. The topological polar surface area (TPSA) is 119 Å². The molecule has 4 rings (SSSR count). The van der Waals surface area contributed by atoms with Crippen LogP contribution in [-0.2, 0) is 15.8 Å². The van der Waals surface area contributed by atoms with Crippen LogP contribution in [0.5, 0.6) is 11.5 Å². The molecule has 9 nitrogen and oxygen atoms in total. The van der Waals surface area contributed by atoms with Crippen molar-refractivity contribution < 1.29 is 37.2 Å². The molecule has 1 saturated heterocycles. The van der Waals surface area contributed by atoms with Gasteiger partial charge in [0.25, 0.3) is 11.1 Å². The highest BCUT2D eigenvalue weighted by atomic mass is 32.2. The molecule has 0 bridgehead atoms. The normalized spacial score (nSPS) is 14.5. The second kappa shape index (κ2) is 11.2. The summed E-state index contributed by atoms with van der Waals surface area (Å²) in [7, 11) is 0. The Morgan fingerprint density at radius 3 is 2.38 bits per heavy atom. The summed E-state index contributed by atoms with van der Waals surface area (Å²) >= 11 is 0.589. The zero-order valence-corrected chi connectivity index (χ0v) is 21.8. The van der Waals surface area contributed by atoms with Crippen molar-refractivity contribution in [2.24, 2.45) is 0 Å². The number of ether oxygens (including phenoxy) is 1. The van der Waals surface area contributed by atoms with E-state index in [2.05, 4.69) is 5.32 Å². The summed E-state index contributed by atoms with van der Waals surface area (Å²) in [4.78, 5) is 49.4. The van der Waals surface area contributed by atoms with Crippen molar-refractivity contribution in [3.8, 4) is 11.5 Å². The fourth-order valence-corrected chi connectivity index (χ4v) is 4.67. The van der Waals surface area contributed by atoms with E-state index in [0.717, 1.165) is 22.1 Å². The average molecular weight is 572 g/mol. The molecule has 0 aromatic heterocycles. The van der Waals surface area contributed by atoms with Gasteiger partial charge in [-0.05, 0) is 61.0 Å². The molecule has 0 spiro atoms. The number of halogens is 3. The first-order valence-corrected chi connectivity index (χ1v) is 12.4. The molecule has 3 aromatic rings. The van der Waals surface area contributed by atoms with Crippen LogP contribution in [-0.4, -0.2) is 33.4 Å². The summed E-state index contributed by atoms with van der Waals surface area (Å²) < 4.78 is 44.7. The van der Waals surface area contributed by atoms with E-state index < -0.39 is 51.7 Å². The summed E-state index contributed by atoms with van der Waals surface area (Å²) in [6.07, 6.45) is -3.49. The van der Waals surface area contributed by atoms with Gasteiger partial charge in [0.15, 0.2) is 0 Å². The molecule has 40 heavy (non-hydrogen) atoms. The first-order valence-electron chi connectivity index (χ1n) is 11.6. The Bertz CT molecular complexity index is 1550. The van der Waals surface area contributed by atoms with Gasteiger partial charge in [0.2, 0.25) is 11.7 Å². The third-order valence-corrected chi connectivity index (χ3v) is 6.74. The number of benzene rings is 3. The van der Waals surface area contributed by atoms with Crippen molar-refractivity contribution in [1.29, 1.82) is 0 Å². The maximum atomic E-state index is 13.0. The summed E-state index contributed by atoms with van der Waals surface area (Å²) in [6.45, 7) is 3.10. The van der Waals surface area contributed by atoms with E-state index in [1.807, 2.05) is 32.0 Å². The molecule has 0 atom stereocenters. The van der Waals surface area contributed by atoms with E-state index in [0.29, 0.717) is 29.6 Å². The Morgan fingerprint density at radius 1 is 1.05 bits per heavy atom. The molecular weight excluding hydrogens is 551 g/mol. The quantitative estimate of drug-likeness (QED) is 0.190. The number of nitro groups is 1. The number of rotatable bonds is 7. The first kappa shape index (κ1) is 28.4. The first-order chi connectivity index (χ1) is 18.8. The second-order valence-corrected chi connectivity index (χ2v) is 9.65. The lowest BCUT2D eigenvalue weighted by Crippen LogP contribution is -2.36. The number of anilines is 1. The molecule has 3 amide bonds. The molecule has 1 heterocycles. The van der Waals surface area contributed by atoms with Crippen LogP contribution < -0.4 is 10.1 Å². The number of carbonyl (C=O) groups excluding carboxylic acids is 3. The van der Waals surface area contributed by atoms with Crippen molar-refractivity contribution in [2.45, 2.75) is 20.0 Å². The highest BCUT2D eigenvalue weighted by Gasteiger charge is 2.37. The average Bonchev–Trinajstić information content (AvgIpc) is 3.14. The van der Waals surface area contributed by atoms with Crippen molar-refractivity contribution >= 4 is 46.3 Å². The van der Waals surface area contributed by atoms with E-state index in [9.17, 15) is 37.7 Å². The SMILES string of the molecule is Cc1cccc(C)c1NC(=O)CN1C(=O)S/C(=C/c2ccccc2Oc2ccc(C(F)(F)F)cc2[N+](=O)[O-])C1=O. The number of carbonyl (C=O) groups is 3. The van der Waals surface area contributed by atoms with Gasteiger partial charge in [-0.2, -0.15) is 13.2 Å². The van der Waals surface area contributed by atoms with Gasteiger partial charge in [-0.1, -0.05) is 36.4 Å². The van der Waals surface area contributed by atoms with Gasteiger partial charge in [-0.3, -0.25) is 29.4 Å². The molecule has 0 unspecified atom stereocenters. The van der Waals surface area contributed by atoms with Crippen molar-refractivity contribution in [3.63, 3.8) is 0 Å². The number of aryl methyl sites for hydroxylation is 2. The number of hydrogen-bond donors (Lipinski definition) is 1. The van der Waals surface area contributed by atoms with E-state index >= 15 is 0 Å². The summed E-state index contributed by atoms with van der Waals surface area (Å²) in [5, 5.41) is 13.5. The minimum absolute atomic E-state index is 0.00933. The van der Waals surface area contributed by atoms with E-state index in [-0.39, 0.29) is 16.2 Å². The van der Waals surface area contributed by atoms with Gasteiger partial charge in [0, 0.05) is 17.3 Å². The van der Waals surface area contributed by atoms with Gasteiger partial charge in [0.1, 0.15) is 12.3 Å². The van der Waals surface area contributed by atoms with Crippen LogP contribution in [0.15, 0.2) is 65.6 Å². The standard InChI is InChI=1S/C27H20F3N3O6S/c1-15-6-5-7-16(2)24(15)31-23(34)14-32-25(35)22(40-26(32)36)12-17-8-3-4-9-20(17)39-21-11-10-18(27(28,29)30)13-19(21)33(37)38/h3-13H,14H2,1-2H3,(H,31,34)/b22-12+. The van der Waals surface area contributed by atoms with Crippen molar-refractivity contribution in [1.82, 2.24) is 4.90 Å². The number of hydrogen-bond acceptors (Lipinski definition) is 7. The number of alkyl halides is 3. The van der Waals surface area contributed by atoms with Crippen molar-refractivity contribution in [2.75, 3.05) is 11.9 Å². The number of amides is 3. The molecule has 1 N–H and O–H groups in total. The number of nitro benzene ring substituents is 1. The van der Waals surface area contributed by atoms with E-state index in [1.54, 1.807) is 6.07 Å². The highest BCUT2D eigenvalue weighted by molar-refractivity contribution is 8.18. The maximum absolute atomic E-state index is 13.0. The van der Waals surface area contributed by atoms with Crippen LogP contribution in [0.3, 0.4) is 0 Å². The van der Waals surface area contributed by atoms with Crippen molar-refractivity contribution in [3.05, 3.63) is 97.9 Å². The fraction of sp³-hybridized carbons (Fsp3) is 0.148. The lowest BCUT2D eigenvalue weighted by molar-refractivity contribution is -0.385. The Labute approximate surface area is 229 Å². The number of nitrogens with zero attached hydrogens (tertiary/aromatic N) is 2. The monoisotopic (exact) mass is 571 g/mol. The smallest absolute Gasteiger partial charge is 0.416 e. The Morgan fingerprint density at radius 2 is 1.73 bits per heavy atom. The molecule has 3 aromatic carbocycles. The van der Waals surface area contributed by atoms with Crippen LogP contribution in [0.25, 0.3) is 6.08 Å². The molecule has 1 fully saturated rings. The Kier molecular flexibility index (Phi) is 7.96. The molecule has 1 aliphatic rings. The third kappa shape index (κ3) is 6.15. The molecule has 206 valence electrons. The third-order valence-electron chi connectivity index (χ3n) is 5.83. The maximum Gasteiger partial charge on any atom is 0.416 e. The molecule has 0 aliphatic carbocycles. The Balaban J connectivity index is 1.56. The lowest BCUT2D eigenvalue weighted by atomic mass is 10.1. The van der Waals surface area contributed by atoms with Crippen LogP contribution in [0.1, 0.15) is 22.3 Å². The van der Waals surface area contributed by atoms with Gasteiger partial charge in [-0.15, -0.1) is 0 Å². The van der Waals surface area contributed by atoms with Gasteiger partial charge in [0.05, 0.1) is 15.4 Å². The van der Waals surface area contributed by atoms with Gasteiger partial charge < -0.3 is 10.1 Å². The lowest BCUT2D eigenvalue weighted by Gasteiger charge is -2.15. The summed E-state index contributed by atoms with van der Waals surface area (Å²) in [5.41, 5.74) is 0.315. The summed E-state index contributed by atoms with van der Waals surface area (Å²) in [6, 6.07) is 13.3. The predicted octanol–water partition coefficient (Wildman–Crippen LogP) is 6.70. The Hall–Kier alpha value is -4.65. The predicted molar refractivity (Wildman–Crippen MR) is 142 cm³/mol. The van der Waals surface area contributed by atoms with Crippen LogP contribution >= 0.6 is 11.8 Å². The minimum Gasteiger partial charge on any atom is -0.449 e. The molecule has 1 aliphatic heterocycles. The molecule has 0 radical (unpaired) electrons. The summed E-state index contributed by atoms with van der Waals surface area (Å²) in [5.74, 6) is -1.76. The highest BCUT2D eigenvalue weighted by Crippen LogP contribution is 2.40. The zero-order chi connectivity index (χ0) is 29.2. The second-order valence-electron chi connectivity index (χ2n) is 8.66. The van der Waals surface area contributed by atoms with E-state index in [4.69, 9.17) is 4.74 Å². The number of para-hydroxylation sites is 2. The largest absolute Gasteiger partial charge is 0.449 e. The number of thioether (sulfide) groups is 1. The number of imide groups is 1. The van der Waals surface area contributed by atoms with Crippen LogP contribution in [0.4, 0.5) is 29.3 Å².